The molecule has 7 heteroatoms. The molecule has 0 atom stereocenters. The molecule has 0 aliphatic rings. The molecule has 1 aromatic heterocycles. The molecular formula is C22H20BrFN2O2S. The third kappa shape index (κ3) is 5.52. The second-order valence-corrected chi connectivity index (χ2v) is 8.28. The van der Waals surface area contributed by atoms with Gasteiger partial charge >= 0.3 is 0 Å². The van der Waals surface area contributed by atoms with Gasteiger partial charge in [-0.1, -0.05) is 34.1 Å². The molecular weight excluding hydrogens is 455 g/mol. The molecule has 0 radical (unpaired) electrons. The highest BCUT2D eigenvalue weighted by molar-refractivity contribution is 9.10. The van der Waals surface area contributed by atoms with Crippen LogP contribution < -0.4 is 5.32 Å². The van der Waals surface area contributed by atoms with Crippen molar-refractivity contribution < 1.29 is 14.0 Å². The molecule has 0 spiro atoms. The Bertz CT molecular complexity index is 991. The molecule has 0 aliphatic heterocycles. The van der Waals surface area contributed by atoms with Crippen LogP contribution in [0.5, 0.6) is 0 Å². The molecule has 1 heterocycles. The van der Waals surface area contributed by atoms with E-state index in [1.165, 1.54) is 17.4 Å². The average Bonchev–Trinajstić information content (AvgIpc) is 3.27. The number of benzene rings is 2. The Morgan fingerprint density at radius 1 is 1.14 bits per heavy atom. The average molecular weight is 475 g/mol. The Balaban J connectivity index is 1.63. The summed E-state index contributed by atoms with van der Waals surface area (Å²) in [6, 6.07) is 15.4. The lowest BCUT2D eigenvalue weighted by Crippen LogP contribution is -2.30. The number of amides is 2. The first kappa shape index (κ1) is 21.2. The van der Waals surface area contributed by atoms with Crippen LogP contribution >= 0.6 is 27.3 Å². The molecule has 2 amide bonds. The minimum atomic E-state index is -0.337. The minimum absolute atomic E-state index is 0.117. The van der Waals surface area contributed by atoms with E-state index in [4.69, 9.17) is 0 Å². The van der Waals surface area contributed by atoms with E-state index in [2.05, 4.69) is 21.2 Å². The Morgan fingerprint density at radius 3 is 2.55 bits per heavy atom. The number of nitrogens with zero attached hydrogens (tertiary/aromatic N) is 1. The van der Waals surface area contributed by atoms with Crippen molar-refractivity contribution in [1.82, 2.24) is 10.2 Å². The van der Waals surface area contributed by atoms with Crippen LogP contribution in [0.15, 0.2) is 64.5 Å². The van der Waals surface area contributed by atoms with Gasteiger partial charge < -0.3 is 10.2 Å². The summed E-state index contributed by atoms with van der Waals surface area (Å²) in [6.45, 7) is 2.90. The molecule has 0 aliphatic carbocycles. The van der Waals surface area contributed by atoms with Crippen LogP contribution in [0.3, 0.4) is 0 Å². The van der Waals surface area contributed by atoms with E-state index in [1.54, 1.807) is 35.2 Å². The number of hydrogen-bond donors (Lipinski definition) is 1. The number of rotatable bonds is 7. The molecule has 3 aromatic rings. The zero-order valence-electron chi connectivity index (χ0n) is 15.8. The first-order valence-corrected chi connectivity index (χ1v) is 10.8. The Kier molecular flexibility index (Phi) is 7.17. The van der Waals surface area contributed by atoms with Crippen LogP contribution in [0, 0.1) is 5.82 Å². The molecule has 0 bridgehead atoms. The fraction of sp³-hybridized carbons (Fsp3) is 0.182. The van der Waals surface area contributed by atoms with Gasteiger partial charge in [0.2, 0.25) is 0 Å². The molecule has 0 fully saturated rings. The van der Waals surface area contributed by atoms with Crippen LogP contribution in [-0.2, 0) is 13.1 Å². The van der Waals surface area contributed by atoms with Gasteiger partial charge in [-0.15, -0.1) is 11.3 Å². The van der Waals surface area contributed by atoms with E-state index in [1.807, 2.05) is 30.5 Å². The van der Waals surface area contributed by atoms with Crippen LogP contribution in [0.25, 0.3) is 0 Å². The zero-order chi connectivity index (χ0) is 20.8. The standard InChI is InChI=1S/C22H20BrFN2O2S/c1-2-26(14-17-12-18(23)9-10-19(17)24)22(28)16-7-5-15(6-8-16)13-25-21(27)20-4-3-11-29-20/h3-12H,2,13-14H2,1H3,(H,25,27). The monoisotopic (exact) mass is 474 g/mol. The summed E-state index contributed by atoms with van der Waals surface area (Å²) in [4.78, 5) is 27.1. The third-order valence-corrected chi connectivity index (χ3v) is 5.80. The van der Waals surface area contributed by atoms with Crippen molar-refractivity contribution in [2.45, 2.75) is 20.0 Å². The lowest BCUT2D eigenvalue weighted by atomic mass is 10.1. The second-order valence-electron chi connectivity index (χ2n) is 6.41. The highest BCUT2D eigenvalue weighted by atomic mass is 79.9. The fourth-order valence-electron chi connectivity index (χ4n) is 2.82. The Morgan fingerprint density at radius 2 is 1.90 bits per heavy atom. The first-order valence-electron chi connectivity index (χ1n) is 9.11. The van der Waals surface area contributed by atoms with Crippen LogP contribution in [0.1, 0.15) is 38.1 Å². The van der Waals surface area contributed by atoms with E-state index < -0.39 is 0 Å². The molecule has 3 rings (SSSR count). The predicted molar refractivity (Wildman–Crippen MR) is 116 cm³/mol. The van der Waals surface area contributed by atoms with Crippen LogP contribution in [0.4, 0.5) is 4.39 Å². The maximum Gasteiger partial charge on any atom is 0.261 e. The Hall–Kier alpha value is -2.51. The van der Waals surface area contributed by atoms with E-state index >= 15 is 0 Å². The largest absolute Gasteiger partial charge is 0.347 e. The van der Waals surface area contributed by atoms with Crippen LogP contribution in [-0.4, -0.2) is 23.3 Å². The van der Waals surface area contributed by atoms with Gasteiger partial charge in [-0.3, -0.25) is 9.59 Å². The summed E-state index contributed by atoms with van der Waals surface area (Å²) in [7, 11) is 0. The summed E-state index contributed by atoms with van der Waals surface area (Å²) in [6.07, 6.45) is 0. The summed E-state index contributed by atoms with van der Waals surface area (Å²) < 4.78 is 14.8. The van der Waals surface area contributed by atoms with E-state index in [9.17, 15) is 14.0 Å². The maximum atomic E-state index is 14.0. The van der Waals surface area contributed by atoms with Gasteiger partial charge in [-0.2, -0.15) is 0 Å². The molecule has 4 nitrogen and oxygen atoms in total. The van der Waals surface area contributed by atoms with Crippen molar-refractivity contribution in [2.75, 3.05) is 6.54 Å². The van der Waals surface area contributed by atoms with E-state index in [0.29, 0.717) is 29.1 Å². The van der Waals surface area contributed by atoms with Gasteiger partial charge in [-0.25, -0.2) is 4.39 Å². The van der Waals surface area contributed by atoms with Crippen molar-refractivity contribution >= 4 is 39.1 Å². The first-order chi connectivity index (χ1) is 14.0. The fourth-order valence-corrected chi connectivity index (χ4v) is 3.87. The SMILES string of the molecule is CCN(Cc1cc(Br)ccc1F)C(=O)c1ccc(CNC(=O)c2cccs2)cc1. The lowest BCUT2D eigenvalue weighted by Gasteiger charge is -2.21. The molecule has 0 unspecified atom stereocenters. The summed E-state index contributed by atoms with van der Waals surface area (Å²) in [5, 5.41) is 4.71. The zero-order valence-corrected chi connectivity index (χ0v) is 18.2. The smallest absolute Gasteiger partial charge is 0.261 e. The molecule has 2 aromatic carbocycles. The summed E-state index contributed by atoms with van der Waals surface area (Å²) >= 11 is 4.72. The van der Waals surface area contributed by atoms with Crippen LogP contribution in [0.2, 0.25) is 0 Å². The van der Waals surface area contributed by atoms with Gasteiger partial charge in [0.05, 0.1) is 4.88 Å². The quantitative estimate of drug-likeness (QED) is 0.508. The normalized spacial score (nSPS) is 10.6. The number of carbonyl (C=O) groups is 2. The number of thiophene rings is 1. The molecule has 150 valence electrons. The molecule has 1 N–H and O–H groups in total. The van der Waals surface area contributed by atoms with Crippen molar-refractivity contribution in [2.24, 2.45) is 0 Å². The van der Waals surface area contributed by atoms with Crippen molar-refractivity contribution in [3.63, 3.8) is 0 Å². The van der Waals surface area contributed by atoms with Crippen molar-refractivity contribution in [1.29, 1.82) is 0 Å². The second kappa shape index (κ2) is 9.80. The lowest BCUT2D eigenvalue weighted by molar-refractivity contribution is 0.0750. The Labute approximate surface area is 181 Å². The van der Waals surface area contributed by atoms with E-state index in [0.717, 1.165) is 10.0 Å². The molecule has 29 heavy (non-hydrogen) atoms. The van der Waals surface area contributed by atoms with Crippen molar-refractivity contribution in [3.05, 3.63) is 91.8 Å². The number of hydrogen-bond acceptors (Lipinski definition) is 3. The number of halogens is 2. The topological polar surface area (TPSA) is 49.4 Å². The third-order valence-electron chi connectivity index (χ3n) is 4.44. The molecule has 0 saturated heterocycles. The van der Waals surface area contributed by atoms with Gasteiger partial charge in [0.1, 0.15) is 5.82 Å². The highest BCUT2D eigenvalue weighted by Crippen LogP contribution is 2.18. The van der Waals surface area contributed by atoms with Gasteiger partial charge in [-0.05, 0) is 54.3 Å². The summed E-state index contributed by atoms with van der Waals surface area (Å²) in [5.74, 6) is -0.620. The van der Waals surface area contributed by atoms with Gasteiger partial charge in [0, 0.05) is 35.2 Å². The maximum absolute atomic E-state index is 14.0. The minimum Gasteiger partial charge on any atom is -0.347 e. The number of carbonyl (C=O) groups excluding carboxylic acids is 2. The predicted octanol–water partition coefficient (Wildman–Crippen LogP) is 5.24. The highest BCUT2D eigenvalue weighted by Gasteiger charge is 2.16. The summed E-state index contributed by atoms with van der Waals surface area (Å²) in [5.41, 5.74) is 1.88. The number of nitrogens with one attached hydrogen (secondary N) is 1. The van der Waals surface area contributed by atoms with E-state index in [-0.39, 0.29) is 24.2 Å². The molecule has 0 saturated carbocycles. The van der Waals surface area contributed by atoms with Crippen molar-refractivity contribution in [3.8, 4) is 0 Å². The van der Waals surface area contributed by atoms with Gasteiger partial charge in [0.25, 0.3) is 11.8 Å². The van der Waals surface area contributed by atoms with Gasteiger partial charge in [0.15, 0.2) is 0 Å².